The van der Waals surface area contributed by atoms with Crippen LogP contribution in [-0.4, -0.2) is 10.9 Å². The number of pyridine rings is 1. The van der Waals surface area contributed by atoms with E-state index in [0.29, 0.717) is 17.8 Å². The first-order chi connectivity index (χ1) is 9.61. The van der Waals surface area contributed by atoms with Crippen molar-refractivity contribution in [3.05, 3.63) is 58.9 Å². The fraction of sp³-hybridized carbons (Fsp3) is 0.250. The quantitative estimate of drug-likeness (QED) is 0.838. The maximum absolute atomic E-state index is 12.2. The van der Waals surface area contributed by atoms with Crippen molar-refractivity contribution in [2.75, 3.05) is 5.73 Å². The lowest BCUT2D eigenvalue weighted by atomic mass is 10.1. The number of benzene rings is 1. The molecule has 0 aliphatic heterocycles. The number of nitrogens with two attached hydrogens (primary N) is 1. The molecule has 0 unspecified atom stereocenters. The first kappa shape index (κ1) is 14.1. The van der Waals surface area contributed by atoms with E-state index in [2.05, 4.69) is 17.2 Å². The molecule has 0 radical (unpaired) electrons. The van der Waals surface area contributed by atoms with E-state index in [9.17, 15) is 4.79 Å². The number of hydrogen-bond acceptors (Lipinski definition) is 3. The van der Waals surface area contributed by atoms with Crippen molar-refractivity contribution >= 4 is 11.6 Å². The standard InChI is InChI=1S/C16H19N3O/c1-3-12-5-4-8-18-15(12)10-19-16(20)14-7-6-13(17)9-11(14)2/h4-9H,3,10,17H2,1-2H3,(H,19,20). The van der Waals surface area contributed by atoms with Crippen LogP contribution in [-0.2, 0) is 13.0 Å². The second-order valence-corrected chi connectivity index (χ2v) is 4.72. The molecule has 2 rings (SSSR count). The second-order valence-electron chi connectivity index (χ2n) is 4.72. The highest BCUT2D eigenvalue weighted by atomic mass is 16.1. The number of carbonyl (C=O) groups is 1. The van der Waals surface area contributed by atoms with Crippen LogP contribution in [0.4, 0.5) is 5.69 Å². The van der Waals surface area contributed by atoms with Gasteiger partial charge in [-0.25, -0.2) is 0 Å². The summed E-state index contributed by atoms with van der Waals surface area (Å²) in [6, 6.07) is 9.23. The minimum absolute atomic E-state index is 0.102. The SMILES string of the molecule is CCc1cccnc1CNC(=O)c1ccc(N)cc1C. The number of nitrogens with zero attached hydrogens (tertiary/aromatic N) is 1. The first-order valence-electron chi connectivity index (χ1n) is 6.69. The summed E-state index contributed by atoms with van der Waals surface area (Å²) in [6.07, 6.45) is 2.65. The number of carbonyl (C=O) groups excluding carboxylic acids is 1. The molecule has 4 heteroatoms. The summed E-state index contributed by atoms with van der Waals surface area (Å²) in [5.41, 5.74) is 9.94. The Morgan fingerprint density at radius 2 is 2.15 bits per heavy atom. The summed E-state index contributed by atoms with van der Waals surface area (Å²) in [7, 11) is 0. The van der Waals surface area contributed by atoms with Crippen LogP contribution in [0.1, 0.15) is 34.1 Å². The van der Waals surface area contributed by atoms with E-state index < -0.39 is 0 Å². The van der Waals surface area contributed by atoms with Gasteiger partial charge in [-0.3, -0.25) is 9.78 Å². The summed E-state index contributed by atoms with van der Waals surface area (Å²) in [6.45, 7) is 4.39. The van der Waals surface area contributed by atoms with E-state index in [1.807, 2.05) is 19.1 Å². The maximum Gasteiger partial charge on any atom is 0.251 e. The van der Waals surface area contributed by atoms with E-state index in [4.69, 9.17) is 5.73 Å². The molecule has 0 saturated heterocycles. The Morgan fingerprint density at radius 1 is 1.35 bits per heavy atom. The molecule has 0 spiro atoms. The number of anilines is 1. The van der Waals surface area contributed by atoms with Gasteiger partial charge in [0.25, 0.3) is 5.91 Å². The lowest BCUT2D eigenvalue weighted by Crippen LogP contribution is -2.24. The summed E-state index contributed by atoms with van der Waals surface area (Å²) in [5.74, 6) is -0.102. The zero-order valence-corrected chi connectivity index (χ0v) is 11.8. The third-order valence-electron chi connectivity index (χ3n) is 3.28. The Balaban J connectivity index is 2.09. The Labute approximate surface area is 119 Å². The number of hydrogen-bond donors (Lipinski definition) is 2. The lowest BCUT2D eigenvalue weighted by molar-refractivity contribution is 0.0950. The largest absolute Gasteiger partial charge is 0.399 e. The van der Waals surface area contributed by atoms with Gasteiger partial charge in [-0.1, -0.05) is 13.0 Å². The van der Waals surface area contributed by atoms with Crippen LogP contribution < -0.4 is 11.1 Å². The van der Waals surface area contributed by atoms with E-state index in [0.717, 1.165) is 23.2 Å². The van der Waals surface area contributed by atoms with Gasteiger partial charge in [0.05, 0.1) is 12.2 Å². The summed E-state index contributed by atoms with van der Waals surface area (Å²) < 4.78 is 0. The Morgan fingerprint density at radius 3 is 2.85 bits per heavy atom. The Kier molecular flexibility index (Phi) is 4.35. The highest BCUT2D eigenvalue weighted by molar-refractivity contribution is 5.95. The van der Waals surface area contributed by atoms with Crippen molar-refractivity contribution in [3.63, 3.8) is 0 Å². The van der Waals surface area contributed by atoms with Crippen LogP contribution >= 0.6 is 0 Å². The van der Waals surface area contributed by atoms with E-state index >= 15 is 0 Å². The van der Waals surface area contributed by atoms with E-state index in [1.165, 1.54) is 0 Å². The van der Waals surface area contributed by atoms with Crippen molar-refractivity contribution in [1.82, 2.24) is 10.3 Å². The smallest absolute Gasteiger partial charge is 0.251 e. The number of amides is 1. The molecule has 1 heterocycles. The normalized spacial score (nSPS) is 10.3. The van der Waals surface area contributed by atoms with Gasteiger partial charge in [-0.05, 0) is 48.7 Å². The van der Waals surface area contributed by atoms with Crippen molar-refractivity contribution in [1.29, 1.82) is 0 Å². The van der Waals surface area contributed by atoms with E-state index in [1.54, 1.807) is 24.4 Å². The van der Waals surface area contributed by atoms with Crippen molar-refractivity contribution < 1.29 is 4.79 Å². The number of aromatic nitrogens is 1. The highest BCUT2D eigenvalue weighted by Crippen LogP contribution is 2.13. The molecule has 3 N–H and O–H groups in total. The molecule has 0 saturated carbocycles. The van der Waals surface area contributed by atoms with Crippen LogP contribution in [0.15, 0.2) is 36.5 Å². The Bertz CT molecular complexity index is 623. The molecule has 104 valence electrons. The molecule has 1 amide bonds. The minimum atomic E-state index is -0.102. The van der Waals surface area contributed by atoms with Crippen molar-refractivity contribution in [2.24, 2.45) is 0 Å². The average Bonchev–Trinajstić information content (AvgIpc) is 2.45. The van der Waals surface area contributed by atoms with Crippen LogP contribution in [0.25, 0.3) is 0 Å². The fourth-order valence-corrected chi connectivity index (χ4v) is 2.15. The molecule has 20 heavy (non-hydrogen) atoms. The van der Waals surface area contributed by atoms with E-state index in [-0.39, 0.29) is 5.91 Å². The monoisotopic (exact) mass is 269 g/mol. The molecule has 0 aliphatic rings. The van der Waals surface area contributed by atoms with Crippen molar-refractivity contribution in [3.8, 4) is 0 Å². The number of rotatable bonds is 4. The van der Waals surface area contributed by atoms with Gasteiger partial charge >= 0.3 is 0 Å². The van der Waals surface area contributed by atoms with Gasteiger partial charge < -0.3 is 11.1 Å². The number of nitrogens with one attached hydrogen (secondary N) is 1. The molecule has 1 aromatic heterocycles. The van der Waals surface area contributed by atoms with Gasteiger partial charge in [0.2, 0.25) is 0 Å². The third-order valence-corrected chi connectivity index (χ3v) is 3.28. The number of nitrogen functional groups attached to an aromatic ring is 1. The van der Waals surface area contributed by atoms with Crippen LogP contribution in [0.5, 0.6) is 0 Å². The molecule has 0 fully saturated rings. The maximum atomic E-state index is 12.2. The molecule has 0 aliphatic carbocycles. The topological polar surface area (TPSA) is 68.0 Å². The third kappa shape index (κ3) is 3.15. The average molecular weight is 269 g/mol. The molecule has 2 aromatic rings. The lowest BCUT2D eigenvalue weighted by Gasteiger charge is -2.10. The zero-order chi connectivity index (χ0) is 14.5. The minimum Gasteiger partial charge on any atom is -0.399 e. The predicted molar refractivity (Wildman–Crippen MR) is 80.4 cm³/mol. The summed E-state index contributed by atoms with van der Waals surface area (Å²) >= 11 is 0. The molecule has 0 bridgehead atoms. The van der Waals surface area contributed by atoms with Gasteiger partial charge in [-0.15, -0.1) is 0 Å². The van der Waals surface area contributed by atoms with Crippen molar-refractivity contribution in [2.45, 2.75) is 26.8 Å². The van der Waals surface area contributed by atoms with Crippen LogP contribution in [0.2, 0.25) is 0 Å². The van der Waals surface area contributed by atoms with Gasteiger partial charge in [0.15, 0.2) is 0 Å². The molecular formula is C16H19N3O. The number of aryl methyl sites for hydroxylation is 2. The molecule has 4 nitrogen and oxygen atoms in total. The highest BCUT2D eigenvalue weighted by Gasteiger charge is 2.10. The van der Waals surface area contributed by atoms with Gasteiger partial charge in [0.1, 0.15) is 0 Å². The first-order valence-corrected chi connectivity index (χ1v) is 6.69. The summed E-state index contributed by atoms with van der Waals surface area (Å²) in [4.78, 5) is 16.5. The summed E-state index contributed by atoms with van der Waals surface area (Å²) in [5, 5.41) is 2.91. The van der Waals surface area contributed by atoms with Crippen LogP contribution in [0.3, 0.4) is 0 Å². The Hall–Kier alpha value is -2.36. The molecule has 0 atom stereocenters. The van der Waals surface area contributed by atoms with Gasteiger partial charge in [-0.2, -0.15) is 0 Å². The zero-order valence-electron chi connectivity index (χ0n) is 11.8. The fourth-order valence-electron chi connectivity index (χ4n) is 2.15. The van der Waals surface area contributed by atoms with Gasteiger partial charge in [0, 0.05) is 17.4 Å². The molecular weight excluding hydrogens is 250 g/mol. The second kappa shape index (κ2) is 6.19. The molecule has 1 aromatic carbocycles. The predicted octanol–water partition coefficient (Wildman–Crippen LogP) is 2.46. The van der Waals surface area contributed by atoms with Crippen LogP contribution in [0, 0.1) is 6.92 Å².